The molecule has 2 aromatic heterocycles. The minimum absolute atomic E-state index is 0.0768. The quantitative estimate of drug-likeness (QED) is 0.774. The first-order chi connectivity index (χ1) is 9.65. The minimum atomic E-state index is -0.0768. The van der Waals surface area contributed by atoms with Gasteiger partial charge in [-0.2, -0.15) is 0 Å². The zero-order valence-electron chi connectivity index (χ0n) is 11.4. The topological polar surface area (TPSA) is 50.7 Å². The van der Waals surface area contributed by atoms with Crippen LogP contribution >= 0.6 is 0 Å². The number of aromatic nitrogens is 3. The van der Waals surface area contributed by atoms with Gasteiger partial charge in [0.05, 0.1) is 11.4 Å². The molecule has 4 nitrogen and oxygen atoms in total. The minimum Gasteiger partial charge on any atom is -0.290 e. The molecule has 0 aliphatic heterocycles. The van der Waals surface area contributed by atoms with Crippen LogP contribution in [0, 0.1) is 13.8 Å². The summed E-state index contributed by atoms with van der Waals surface area (Å²) in [5, 5.41) is 3.12. The van der Waals surface area contributed by atoms with Gasteiger partial charge in [-0.05, 0) is 49.2 Å². The van der Waals surface area contributed by atoms with Crippen molar-refractivity contribution in [2.45, 2.75) is 13.8 Å². The van der Waals surface area contributed by atoms with E-state index in [0.717, 1.165) is 22.5 Å². The van der Waals surface area contributed by atoms with Crippen LogP contribution in [-0.4, -0.2) is 14.8 Å². The highest BCUT2D eigenvalue weighted by Gasteiger charge is 2.07. The van der Waals surface area contributed by atoms with Gasteiger partial charge in [0.15, 0.2) is 0 Å². The Morgan fingerprint density at radius 3 is 2.65 bits per heavy atom. The number of H-pyrrole nitrogens is 1. The second-order valence-corrected chi connectivity index (χ2v) is 4.85. The van der Waals surface area contributed by atoms with E-state index in [0.29, 0.717) is 0 Å². The van der Waals surface area contributed by atoms with Gasteiger partial charge in [0.25, 0.3) is 5.56 Å². The van der Waals surface area contributed by atoms with Crippen molar-refractivity contribution in [3.05, 3.63) is 70.3 Å². The Morgan fingerprint density at radius 1 is 1.10 bits per heavy atom. The Hall–Kier alpha value is -2.62. The van der Waals surface area contributed by atoms with Crippen LogP contribution in [0.25, 0.3) is 16.9 Å². The summed E-state index contributed by atoms with van der Waals surface area (Å²) < 4.78 is 1.55. The van der Waals surface area contributed by atoms with Crippen LogP contribution in [-0.2, 0) is 0 Å². The zero-order valence-corrected chi connectivity index (χ0v) is 11.4. The van der Waals surface area contributed by atoms with E-state index in [-0.39, 0.29) is 5.56 Å². The molecule has 100 valence electrons. The number of rotatable bonds is 2. The van der Waals surface area contributed by atoms with E-state index in [4.69, 9.17) is 0 Å². The summed E-state index contributed by atoms with van der Waals surface area (Å²) >= 11 is 0. The first kappa shape index (κ1) is 12.4. The third kappa shape index (κ3) is 2.16. The second-order valence-electron chi connectivity index (χ2n) is 4.85. The fraction of sp³-hybridized carbons (Fsp3) is 0.125. The van der Waals surface area contributed by atoms with Crippen molar-refractivity contribution < 1.29 is 0 Å². The van der Waals surface area contributed by atoms with Gasteiger partial charge in [0.1, 0.15) is 0 Å². The van der Waals surface area contributed by atoms with E-state index in [1.165, 1.54) is 5.56 Å². The monoisotopic (exact) mass is 265 g/mol. The standard InChI is InChI=1S/C16H15N3O/c1-11-5-6-14(8-12(11)2)19-16(20)9-15(18-19)13-4-3-7-17-10-13/h3-10,18H,1-2H3. The zero-order chi connectivity index (χ0) is 14.1. The summed E-state index contributed by atoms with van der Waals surface area (Å²) in [6.45, 7) is 4.09. The number of aryl methyl sites for hydroxylation is 2. The van der Waals surface area contributed by atoms with Crippen LogP contribution in [0.1, 0.15) is 11.1 Å². The van der Waals surface area contributed by atoms with Crippen LogP contribution in [0.5, 0.6) is 0 Å². The highest BCUT2D eigenvalue weighted by atomic mass is 16.1. The Balaban J connectivity index is 2.10. The number of nitrogens with one attached hydrogen (secondary N) is 1. The molecular formula is C16H15N3O. The Labute approximate surface area is 116 Å². The van der Waals surface area contributed by atoms with Crippen LogP contribution in [0.2, 0.25) is 0 Å². The summed E-state index contributed by atoms with van der Waals surface area (Å²) in [5.74, 6) is 0. The van der Waals surface area contributed by atoms with E-state index in [1.54, 1.807) is 23.1 Å². The van der Waals surface area contributed by atoms with Crippen LogP contribution in [0.4, 0.5) is 0 Å². The molecule has 20 heavy (non-hydrogen) atoms. The van der Waals surface area contributed by atoms with Crippen LogP contribution in [0.3, 0.4) is 0 Å². The van der Waals surface area contributed by atoms with Crippen molar-refractivity contribution in [2.75, 3.05) is 0 Å². The SMILES string of the molecule is Cc1ccc(-n2[nH]c(-c3cccnc3)cc2=O)cc1C. The largest absolute Gasteiger partial charge is 0.290 e. The van der Waals surface area contributed by atoms with Crippen molar-refractivity contribution in [1.82, 2.24) is 14.8 Å². The molecule has 2 heterocycles. The van der Waals surface area contributed by atoms with Gasteiger partial charge in [-0.3, -0.25) is 14.9 Å². The molecule has 4 heteroatoms. The molecule has 3 rings (SSSR count). The number of pyridine rings is 1. The van der Waals surface area contributed by atoms with Crippen molar-refractivity contribution in [3.8, 4) is 16.9 Å². The highest BCUT2D eigenvalue weighted by molar-refractivity contribution is 5.57. The molecule has 0 atom stereocenters. The Kier molecular flexibility index (Phi) is 2.99. The molecule has 0 bridgehead atoms. The van der Waals surface area contributed by atoms with Gasteiger partial charge < -0.3 is 0 Å². The average molecular weight is 265 g/mol. The van der Waals surface area contributed by atoms with Gasteiger partial charge >= 0.3 is 0 Å². The molecule has 0 saturated heterocycles. The van der Waals surface area contributed by atoms with Crippen LogP contribution < -0.4 is 5.56 Å². The molecule has 0 radical (unpaired) electrons. The predicted octanol–water partition coefficient (Wildman–Crippen LogP) is 2.84. The van der Waals surface area contributed by atoms with Gasteiger partial charge in [0, 0.05) is 24.0 Å². The number of hydrogen-bond acceptors (Lipinski definition) is 2. The average Bonchev–Trinajstić information content (AvgIpc) is 2.85. The summed E-state index contributed by atoms with van der Waals surface area (Å²) in [6.07, 6.45) is 3.44. The third-order valence-corrected chi connectivity index (χ3v) is 3.44. The van der Waals surface area contributed by atoms with E-state index in [1.807, 2.05) is 37.3 Å². The molecule has 0 spiro atoms. The molecule has 1 N–H and O–H groups in total. The maximum absolute atomic E-state index is 12.1. The molecular weight excluding hydrogens is 250 g/mol. The molecule has 0 unspecified atom stereocenters. The molecule has 0 aliphatic rings. The van der Waals surface area contributed by atoms with Crippen molar-refractivity contribution in [2.24, 2.45) is 0 Å². The lowest BCUT2D eigenvalue weighted by molar-refractivity contribution is 0.850. The van der Waals surface area contributed by atoms with Gasteiger partial charge in [-0.1, -0.05) is 6.07 Å². The fourth-order valence-electron chi connectivity index (χ4n) is 2.12. The maximum Gasteiger partial charge on any atom is 0.271 e. The normalized spacial score (nSPS) is 10.7. The smallest absolute Gasteiger partial charge is 0.271 e. The fourth-order valence-corrected chi connectivity index (χ4v) is 2.12. The molecule has 1 aromatic carbocycles. The van der Waals surface area contributed by atoms with Gasteiger partial charge in [0.2, 0.25) is 0 Å². The van der Waals surface area contributed by atoms with Crippen molar-refractivity contribution >= 4 is 0 Å². The maximum atomic E-state index is 12.1. The first-order valence-electron chi connectivity index (χ1n) is 6.45. The summed E-state index contributed by atoms with van der Waals surface area (Å²) in [4.78, 5) is 16.2. The van der Waals surface area contributed by atoms with E-state index < -0.39 is 0 Å². The number of nitrogens with zero attached hydrogens (tertiary/aromatic N) is 2. The lowest BCUT2D eigenvalue weighted by atomic mass is 10.1. The third-order valence-electron chi connectivity index (χ3n) is 3.44. The van der Waals surface area contributed by atoms with E-state index >= 15 is 0 Å². The summed E-state index contributed by atoms with van der Waals surface area (Å²) in [6, 6.07) is 11.3. The lowest BCUT2D eigenvalue weighted by Crippen LogP contribution is -2.13. The number of aromatic amines is 1. The van der Waals surface area contributed by atoms with Gasteiger partial charge in [-0.25, -0.2) is 4.68 Å². The summed E-state index contributed by atoms with van der Waals surface area (Å²) in [7, 11) is 0. The van der Waals surface area contributed by atoms with Crippen LogP contribution in [0.15, 0.2) is 53.6 Å². The first-order valence-corrected chi connectivity index (χ1v) is 6.45. The highest BCUT2D eigenvalue weighted by Crippen LogP contribution is 2.16. The predicted molar refractivity (Wildman–Crippen MR) is 79.1 cm³/mol. The van der Waals surface area contributed by atoms with Crippen molar-refractivity contribution in [1.29, 1.82) is 0 Å². The molecule has 3 aromatic rings. The summed E-state index contributed by atoms with van der Waals surface area (Å²) in [5.41, 5.74) is 4.79. The Morgan fingerprint density at radius 2 is 1.95 bits per heavy atom. The Bertz CT molecular complexity index is 800. The molecule has 0 saturated carbocycles. The van der Waals surface area contributed by atoms with E-state index in [2.05, 4.69) is 17.0 Å². The molecule has 0 fully saturated rings. The van der Waals surface area contributed by atoms with Crippen molar-refractivity contribution in [3.63, 3.8) is 0 Å². The molecule has 0 amide bonds. The number of hydrogen-bond donors (Lipinski definition) is 1. The second kappa shape index (κ2) is 4.81. The lowest BCUT2D eigenvalue weighted by Gasteiger charge is -2.05. The van der Waals surface area contributed by atoms with Gasteiger partial charge in [-0.15, -0.1) is 0 Å². The molecule has 0 aliphatic carbocycles. The number of benzene rings is 1. The van der Waals surface area contributed by atoms with E-state index in [9.17, 15) is 4.79 Å².